The predicted octanol–water partition coefficient (Wildman–Crippen LogP) is -0.843. The van der Waals surface area contributed by atoms with Crippen molar-refractivity contribution < 1.29 is 29.4 Å². The fourth-order valence-electron chi connectivity index (χ4n) is 1.02. The predicted molar refractivity (Wildman–Crippen MR) is 67.3 cm³/mol. The molecule has 0 aliphatic heterocycles. The molecule has 0 fully saturated rings. The van der Waals surface area contributed by atoms with Gasteiger partial charge in [-0.3, -0.25) is 19.2 Å². The summed E-state index contributed by atoms with van der Waals surface area (Å²) in [5.41, 5.74) is 10.4. The highest BCUT2D eigenvalue weighted by Crippen LogP contribution is 2.13. The average molecular weight is 292 g/mol. The van der Waals surface area contributed by atoms with Crippen LogP contribution in [-0.4, -0.2) is 44.5 Å². The van der Waals surface area contributed by atoms with Crippen molar-refractivity contribution in [1.29, 1.82) is 0 Å². The van der Waals surface area contributed by atoms with Crippen molar-refractivity contribution in [3.63, 3.8) is 0 Å². The summed E-state index contributed by atoms with van der Waals surface area (Å²) < 4.78 is 0. The molecule has 0 amide bonds. The third kappa shape index (κ3) is 8.30. The molecule has 0 aromatic carbocycles. The van der Waals surface area contributed by atoms with Gasteiger partial charge in [0.15, 0.2) is 10.2 Å². The van der Waals surface area contributed by atoms with Gasteiger partial charge in [0.2, 0.25) is 0 Å². The maximum absolute atomic E-state index is 11.3. The van der Waals surface area contributed by atoms with Gasteiger partial charge >= 0.3 is 11.9 Å². The van der Waals surface area contributed by atoms with E-state index in [1.807, 2.05) is 0 Å². The molecule has 0 saturated carbocycles. The molecule has 6 N–H and O–H groups in total. The lowest BCUT2D eigenvalue weighted by Crippen LogP contribution is -2.30. The van der Waals surface area contributed by atoms with Crippen LogP contribution < -0.4 is 11.5 Å². The Labute approximate surface area is 113 Å². The third-order valence-electron chi connectivity index (χ3n) is 2.18. The fraction of sp³-hybridized carbons (Fsp3) is 0.600. The van der Waals surface area contributed by atoms with E-state index in [-0.39, 0.29) is 25.7 Å². The number of thioether (sulfide) groups is 1. The number of rotatable bonds is 8. The van der Waals surface area contributed by atoms with Gasteiger partial charge in [-0.15, -0.1) is 0 Å². The lowest BCUT2D eigenvalue weighted by atomic mass is 10.2. The molecule has 0 rings (SSSR count). The van der Waals surface area contributed by atoms with Crippen LogP contribution in [0.15, 0.2) is 0 Å². The van der Waals surface area contributed by atoms with Gasteiger partial charge in [-0.2, -0.15) is 0 Å². The summed E-state index contributed by atoms with van der Waals surface area (Å²) in [6.07, 6.45) is -0.365. The quantitative estimate of drug-likeness (QED) is 0.446. The van der Waals surface area contributed by atoms with E-state index in [0.717, 1.165) is 0 Å². The number of carbonyl (C=O) groups excluding carboxylic acids is 2. The van der Waals surface area contributed by atoms with Crippen LogP contribution in [0.5, 0.6) is 0 Å². The number of hydrogen-bond acceptors (Lipinski definition) is 7. The molecule has 108 valence electrons. The molecule has 0 aromatic rings. The Morgan fingerprint density at radius 2 is 1.16 bits per heavy atom. The number of nitrogens with two attached hydrogens (primary N) is 2. The Hall–Kier alpha value is -1.45. The Balaban J connectivity index is 3.90. The molecular weight excluding hydrogens is 276 g/mol. The lowest BCUT2D eigenvalue weighted by Gasteiger charge is -2.06. The molecule has 0 aliphatic rings. The Morgan fingerprint density at radius 3 is 1.42 bits per heavy atom. The minimum atomic E-state index is -1.21. The maximum Gasteiger partial charge on any atom is 0.320 e. The number of carbonyl (C=O) groups is 4. The number of carboxylic acids is 2. The minimum absolute atomic E-state index is 0.0525. The van der Waals surface area contributed by atoms with Crippen molar-refractivity contribution in [2.75, 3.05) is 0 Å². The summed E-state index contributed by atoms with van der Waals surface area (Å²) >= 11 is 0.432. The first-order chi connectivity index (χ1) is 8.73. The molecule has 0 spiro atoms. The first kappa shape index (κ1) is 17.6. The van der Waals surface area contributed by atoms with E-state index in [1.54, 1.807) is 0 Å². The zero-order chi connectivity index (χ0) is 15.0. The standard InChI is InChI=1S/C10H16N2O6S/c11-5(9(15)16)1-3-7(13)19-8(14)4-2-6(12)10(17)18/h5-6H,1-4,11-12H2,(H,15,16)(H,17,18)/t5-,6-/m0/s1. The second kappa shape index (κ2) is 8.62. The molecule has 0 heterocycles. The zero-order valence-corrected chi connectivity index (χ0v) is 10.9. The summed E-state index contributed by atoms with van der Waals surface area (Å²) in [5.74, 6) is -2.42. The fourth-order valence-corrected chi connectivity index (χ4v) is 1.72. The first-order valence-corrected chi connectivity index (χ1v) is 6.26. The molecular formula is C10H16N2O6S. The zero-order valence-electron chi connectivity index (χ0n) is 10.1. The number of aliphatic carboxylic acids is 2. The van der Waals surface area contributed by atoms with E-state index >= 15 is 0 Å². The van der Waals surface area contributed by atoms with E-state index in [2.05, 4.69) is 0 Å². The van der Waals surface area contributed by atoms with E-state index < -0.39 is 34.3 Å². The van der Waals surface area contributed by atoms with Crippen molar-refractivity contribution in [3.8, 4) is 0 Å². The lowest BCUT2D eigenvalue weighted by molar-refractivity contribution is -0.139. The van der Waals surface area contributed by atoms with Gasteiger partial charge in [-0.1, -0.05) is 0 Å². The molecule has 0 unspecified atom stereocenters. The summed E-state index contributed by atoms with van der Waals surface area (Å²) in [5, 5.41) is 16.0. The molecule has 0 aliphatic carbocycles. The summed E-state index contributed by atoms with van der Waals surface area (Å²) in [6.45, 7) is 0. The highest BCUT2D eigenvalue weighted by molar-refractivity contribution is 8.26. The smallest absolute Gasteiger partial charge is 0.320 e. The van der Waals surface area contributed by atoms with Gasteiger partial charge < -0.3 is 21.7 Å². The van der Waals surface area contributed by atoms with Crippen molar-refractivity contribution in [1.82, 2.24) is 0 Å². The van der Waals surface area contributed by atoms with Crippen LogP contribution in [0.2, 0.25) is 0 Å². The Bertz CT molecular complexity index is 339. The van der Waals surface area contributed by atoms with E-state index in [1.165, 1.54) is 0 Å². The molecule has 19 heavy (non-hydrogen) atoms. The van der Waals surface area contributed by atoms with Crippen molar-refractivity contribution in [2.24, 2.45) is 11.5 Å². The molecule has 0 aromatic heterocycles. The van der Waals surface area contributed by atoms with Crippen molar-refractivity contribution >= 4 is 33.9 Å². The second-order valence-corrected chi connectivity index (χ2v) is 4.93. The van der Waals surface area contributed by atoms with Gasteiger partial charge in [-0.05, 0) is 24.6 Å². The van der Waals surface area contributed by atoms with Crippen molar-refractivity contribution in [3.05, 3.63) is 0 Å². The number of hydrogen-bond donors (Lipinski definition) is 4. The van der Waals surface area contributed by atoms with Gasteiger partial charge in [-0.25, -0.2) is 0 Å². The first-order valence-electron chi connectivity index (χ1n) is 5.44. The molecule has 8 nitrogen and oxygen atoms in total. The van der Waals surface area contributed by atoms with Crippen LogP contribution in [-0.2, 0) is 19.2 Å². The number of carboxylic acid groups (broad SMARTS) is 2. The highest BCUT2D eigenvalue weighted by atomic mass is 32.2. The Kier molecular flexibility index (Phi) is 7.96. The van der Waals surface area contributed by atoms with E-state index in [4.69, 9.17) is 21.7 Å². The SMILES string of the molecule is N[C@@H](CCC(=O)SC(=O)CC[C@H](N)C(=O)O)C(=O)O. The third-order valence-corrected chi connectivity index (χ3v) is 3.04. The molecule has 9 heteroatoms. The van der Waals surface area contributed by atoms with Crippen LogP contribution in [0.3, 0.4) is 0 Å². The van der Waals surface area contributed by atoms with Crippen LogP contribution in [0.1, 0.15) is 25.7 Å². The molecule has 0 radical (unpaired) electrons. The normalized spacial score (nSPS) is 13.6. The largest absolute Gasteiger partial charge is 0.480 e. The molecule has 0 saturated heterocycles. The van der Waals surface area contributed by atoms with E-state index in [9.17, 15) is 19.2 Å². The van der Waals surface area contributed by atoms with E-state index in [0.29, 0.717) is 11.8 Å². The van der Waals surface area contributed by atoms with Gasteiger partial charge in [0.05, 0.1) is 0 Å². The summed E-state index contributed by atoms with van der Waals surface area (Å²) in [6, 6.07) is -2.28. The van der Waals surface area contributed by atoms with Crippen LogP contribution >= 0.6 is 11.8 Å². The maximum atomic E-state index is 11.3. The molecule has 0 bridgehead atoms. The Morgan fingerprint density at radius 1 is 0.842 bits per heavy atom. The average Bonchev–Trinajstić information content (AvgIpc) is 2.32. The van der Waals surface area contributed by atoms with Gasteiger partial charge in [0.1, 0.15) is 12.1 Å². The summed E-state index contributed by atoms with van der Waals surface area (Å²) in [4.78, 5) is 43.4. The second-order valence-electron chi connectivity index (χ2n) is 3.81. The van der Waals surface area contributed by atoms with Gasteiger partial charge in [0, 0.05) is 12.8 Å². The van der Waals surface area contributed by atoms with Gasteiger partial charge in [0.25, 0.3) is 0 Å². The monoisotopic (exact) mass is 292 g/mol. The van der Waals surface area contributed by atoms with Crippen molar-refractivity contribution in [2.45, 2.75) is 37.8 Å². The van der Waals surface area contributed by atoms with Crippen LogP contribution in [0.25, 0.3) is 0 Å². The highest BCUT2D eigenvalue weighted by Gasteiger charge is 2.18. The topological polar surface area (TPSA) is 161 Å². The van der Waals surface area contributed by atoms with Crippen LogP contribution in [0.4, 0.5) is 0 Å². The summed E-state index contributed by atoms with van der Waals surface area (Å²) in [7, 11) is 0. The molecule has 2 atom stereocenters. The minimum Gasteiger partial charge on any atom is -0.480 e. The van der Waals surface area contributed by atoms with Crippen LogP contribution in [0, 0.1) is 0 Å².